The molecule has 0 saturated heterocycles. The molecule has 0 fully saturated rings. The van der Waals surface area contributed by atoms with Gasteiger partial charge in [0, 0.05) is 23.1 Å². The Bertz CT molecular complexity index is 600. The summed E-state index contributed by atoms with van der Waals surface area (Å²) in [4.78, 5) is 21.2. The molecule has 0 aliphatic rings. The van der Waals surface area contributed by atoms with Gasteiger partial charge in [-0.1, -0.05) is 0 Å². The first-order chi connectivity index (χ1) is 7.08. The number of nitro groups is 1. The van der Waals surface area contributed by atoms with Crippen LogP contribution in [0.25, 0.3) is 11.0 Å². The summed E-state index contributed by atoms with van der Waals surface area (Å²) in [7, 11) is 0. The van der Waals surface area contributed by atoms with Gasteiger partial charge in [-0.3, -0.25) is 10.1 Å². The molecule has 1 aromatic heterocycles. The molecule has 1 heterocycles. The maximum Gasteiger partial charge on any atom is 0.339 e. The topological polar surface area (TPSA) is 73.3 Å². The average Bonchev–Trinajstić information content (AvgIpc) is 2.19. The van der Waals surface area contributed by atoms with Crippen molar-refractivity contribution in [3.05, 3.63) is 50.4 Å². The molecular formula is C10H7NO4. The molecule has 5 nitrogen and oxygen atoms in total. The van der Waals surface area contributed by atoms with Gasteiger partial charge in [0.1, 0.15) is 5.58 Å². The van der Waals surface area contributed by atoms with Crippen molar-refractivity contribution in [1.82, 2.24) is 0 Å². The van der Waals surface area contributed by atoms with Crippen LogP contribution in [0.15, 0.2) is 33.5 Å². The summed E-state index contributed by atoms with van der Waals surface area (Å²) in [5, 5.41) is 11.1. The predicted molar refractivity (Wildman–Crippen MR) is 53.9 cm³/mol. The highest BCUT2D eigenvalue weighted by Gasteiger charge is 2.08. The summed E-state index contributed by atoms with van der Waals surface area (Å²) in [5.41, 5.74) is 0.353. The van der Waals surface area contributed by atoms with Crippen LogP contribution in [0.2, 0.25) is 0 Å². The highest BCUT2D eigenvalue weighted by molar-refractivity contribution is 5.79. The van der Waals surface area contributed by atoms with E-state index in [4.69, 9.17) is 4.42 Å². The summed E-state index contributed by atoms with van der Waals surface area (Å²) in [6.07, 6.45) is 0. The van der Waals surface area contributed by atoms with E-state index in [2.05, 4.69) is 0 Å². The first kappa shape index (κ1) is 9.39. The normalized spacial score (nSPS) is 10.5. The quantitative estimate of drug-likeness (QED) is 0.405. The van der Waals surface area contributed by atoms with Gasteiger partial charge in [0.25, 0.3) is 5.69 Å². The van der Waals surface area contributed by atoms with Crippen molar-refractivity contribution in [2.24, 2.45) is 0 Å². The number of nitro benzene ring substituents is 1. The molecule has 0 amide bonds. The Morgan fingerprint density at radius 2 is 2.07 bits per heavy atom. The number of nitrogens with zero attached hydrogens (tertiary/aromatic N) is 1. The Balaban J connectivity index is 2.77. The van der Waals surface area contributed by atoms with Crippen LogP contribution in [-0.2, 0) is 0 Å². The predicted octanol–water partition coefficient (Wildman–Crippen LogP) is 2.01. The Morgan fingerprint density at radius 3 is 2.73 bits per heavy atom. The van der Waals surface area contributed by atoms with Crippen molar-refractivity contribution in [2.45, 2.75) is 6.92 Å². The van der Waals surface area contributed by atoms with Crippen LogP contribution in [0.5, 0.6) is 0 Å². The van der Waals surface area contributed by atoms with E-state index in [0.29, 0.717) is 16.5 Å². The van der Waals surface area contributed by atoms with Gasteiger partial charge in [0.2, 0.25) is 0 Å². The van der Waals surface area contributed by atoms with Crippen molar-refractivity contribution in [2.75, 3.05) is 0 Å². The number of benzene rings is 1. The van der Waals surface area contributed by atoms with Gasteiger partial charge in [0.15, 0.2) is 0 Å². The number of non-ortho nitro benzene ring substituents is 1. The highest BCUT2D eigenvalue weighted by Crippen LogP contribution is 2.19. The Labute approximate surface area is 84.1 Å². The van der Waals surface area contributed by atoms with E-state index in [1.165, 1.54) is 18.2 Å². The molecule has 2 rings (SSSR count). The summed E-state index contributed by atoms with van der Waals surface area (Å²) >= 11 is 0. The van der Waals surface area contributed by atoms with Gasteiger partial charge >= 0.3 is 5.63 Å². The molecule has 0 N–H and O–H groups in total. The van der Waals surface area contributed by atoms with Gasteiger partial charge in [-0.15, -0.1) is 0 Å². The van der Waals surface area contributed by atoms with Crippen molar-refractivity contribution in [3.8, 4) is 0 Å². The number of fused-ring (bicyclic) bond motifs is 1. The lowest BCUT2D eigenvalue weighted by Crippen LogP contribution is -2.01. The first-order valence-corrected chi connectivity index (χ1v) is 4.27. The maximum absolute atomic E-state index is 11.2. The molecule has 15 heavy (non-hydrogen) atoms. The number of hydrogen-bond acceptors (Lipinski definition) is 4. The van der Waals surface area contributed by atoms with E-state index in [-0.39, 0.29) is 5.69 Å². The summed E-state index contributed by atoms with van der Waals surface area (Å²) in [6, 6.07) is 5.69. The Hall–Kier alpha value is -2.17. The fourth-order valence-corrected chi connectivity index (χ4v) is 1.33. The molecular weight excluding hydrogens is 198 g/mol. The number of aryl methyl sites for hydroxylation is 1. The Kier molecular flexibility index (Phi) is 2.00. The van der Waals surface area contributed by atoms with Crippen LogP contribution in [0.4, 0.5) is 5.69 Å². The van der Waals surface area contributed by atoms with Crippen LogP contribution in [0.1, 0.15) is 5.56 Å². The molecule has 0 atom stereocenters. The molecule has 0 unspecified atom stereocenters. The second-order valence-electron chi connectivity index (χ2n) is 3.20. The second-order valence-corrected chi connectivity index (χ2v) is 3.20. The van der Waals surface area contributed by atoms with E-state index in [9.17, 15) is 14.9 Å². The van der Waals surface area contributed by atoms with E-state index in [1.807, 2.05) is 0 Å². The number of rotatable bonds is 1. The standard InChI is InChI=1S/C10H7NO4/c1-6-4-7-5-8(11(13)14)2-3-9(7)15-10(6)12/h2-5H,1H3. The van der Waals surface area contributed by atoms with Gasteiger partial charge < -0.3 is 4.42 Å². The third kappa shape index (κ3) is 1.59. The third-order valence-corrected chi connectivity index (χ3v) is 2.10. The minimum atomic E-state index is -0.486. The molecule has 0 radical (unpaired) electrons. The first-order valence-electron chi connectivity index (χ1n) is 4.27. The van der Waals surface area contributed by atoms with Crippen LogP contribution >= 0.6 is 0 Å². The summed E-state index contributed by atoms with van der Waals surface area (Å²) in [5.74, 6) is 0. The molecule has 0 aliphatic carbocycles. The van der Waals surface area contributed by atoms with Gasteiger partial charge in [-0.25, -0.2) is 4.79 Å². The lowest BCUT2D eigenvalue weighted by Gasteiger charge is -1.97. The maximum atomic E-state index is 11.2. The molecule has 76 valence electrons. The SMILES string of the molecule is Cc1cc2cc([N+](=O)[O-])ccc2oc1=O. The zero-order valence-electron chi connectivity index (χ0n) is 7.89. The van der Waals surface area contributed by atoms with Crippen LogP contribution in [0.3, 0.4) is 0 Å². The highest BCUT2D eigenvalue weighted by atomic mass is 16.6. The zero-order chi connectivity index (χ0) is 11.0. The average molecular weight is 205 g/mol. The summed E-state index contributed by atoms with van der Waals surface area (Å²) in [6.45, 7) is 1.60. The third-order valence-electron chi connectivity index (χ3n) is 2.10. The van der Waals surface area contributed by atoms with Gasteiger partial charge in [0.05, 0.1) is 4.92 Å². The largest absolute Gasteiger partial charge is 0.423 e. The molecule has 0 saturated carbocycles. The molecule has 5 heteroatoms. The number of hydrogen-bond donors (Lipinski definition) is 0. The molecule has 1 aromatic carbocycles. The van der Waals surface area contributed by atoms with Crippen LogP contribution < -0.4 is 5.63 Å². The van der Waals surface area contributed by atoms with Crippen molar-refractivity contribution in [3.63, 3.8) is 0 Å². The van der Waals surface area contributed by atoms with Crippen molar-refractivity contribution >= 4 is 16.7 Å². The molecule has 0 spiro atoms. The van der Waals surface area contributed by atoms with E-state index in [1.54, 1.807) is 13.0 Å². The second kappa shape index (κ2) is 3.20. The van der Waals surface area contributed by atoms with Crippen LogP contribution in [-0.4, -0.2) is 4.92 Å². The lowest BCUT2D eigenvalue weighted by molar-refractivity contribution is -0.384. The molecule has 0 aliphatic heterocycles. The minimum absolute atomic E-state index is 0.0178. The molecule has 2 aromatic rings. The van der Waals surface area contributed by atoms with Crippen molar-refractivity contribution < 1.29 is 9.34 Å². The molecule has 0 bridgehead atoms. The van der Waals surface area contributed by atoms with E-state index >= 15 is 0 Å². The van der Waals surface area contributed by atoms with Gasteiger partial charge in [-0.05, 0) is 19.1 Å². The van der Waals surface area contributed by atoms with Crippen LogP contribution in [0, 0.1) is 17.0 Å². The summed E-state index contributed by atoms with van der Waals surface area (Å²) < 4.78 is 4.95. The fourth-order valence-electron chi connectivity index (χ4n) is 1.33. The lowest BCUT2D eigenvalue weighted by atomic mass is 10.2. The minimum Gasteiger partial charge on any atom is -0.423 e. The van der Waals surface area contributed by atoms with E-state index < -0.39 is 10.5 Å². The monoisotopic (exact) mass is 205 g/mol. The fraction of sp³-hybridized carbons (Fsp3) is 0.100. The zero-order valence-corrected chi connectivity index (χ0v) is 7.89. The van der Waals surface area contributed by atoms with Gasteiger partial charge in [-0.2, -0.15) is 0 Å². The Morgan fingerprint density at radius 1 is 1.33 bits per heavy atom. The smallest absolute Gasteiger partial charge is 0.339 e. The van der Waals surface area contributed by atoms with E-state index in [0.717, 1.165) is 0 Å². The van der Waals surface area contributed by atoms with Crippen molar-refractivity contribution in [1.29, 1.82) is 0 Å².